The second-order valence-electron chi connectivity index (χ2n) is 3.78. The Balaban J connectivity index is 2.93. The lowest BCUT2D eigenvalue weighted by atomic mass is 10.1. The molecule has 0 spiro atoms. The van der Waals surface area contributed by atoms with Crippen LogP contribution in [-0.2, 0) is 6.42 Å². The first kappa shape index (κ1) is 12.5. The van der Waals surface area contributed by atoms with Crippen LogP contribution in [0.15, 0.2) is 18.2 Å². The van der Waals surface area contributed by atoms with Gasteiger partial charge < -0.3 is 5.32 Å². The summed E-state index contributed by atoms with van der Waals surface area (Å²) in [6.07, 6.45) is 2.68. The monoisotopic (exact) mass is 222 g/mol. The van der Waals surface area contributed by atoms with Crippen molar-refractivity contribution in [3.8, 4) is 0 Å². The molecule has 0 aliphatic rings. The van der Waals surface area contributed by atoms with Gasteiger partial charge >= 0.3 is 0 Å². The fourth-order valence-electron chi connectivity index (χ4n) is 1.59. The van der Waals surface area contributed by atoms with E-state index in [1.54, 1.807) is 6.07 Å². The minimum Gasteiger partial charge on any atom is -0.385 e. The first-order valence-corrected chi connectivity index (χ1v) is 5.70. The predicted octanol–water partition coefficient (Wildman–Crippen LogP) is 3.37. The summed E-state index contributed by atoms with van der Waals surface area (Å²) in [5, 5.41) is 14.1. The van der Waals surface area contributed by atoms with E-state index in [4.69, 9.17) is 0 Å². The van der Waals surface area contributed by atoms with E-state index in [1.165, 1.54) is 0 Å². The summed E-state index contributed by atoms with van der Waals surface area (Å²) < 4.78 is 0. The van der Waals surface area contributed by atoms with E-state index in [9.17, 15) is 10.1 Å². The lowest BCUT2D eigenvalue weighted by Gasteiger charge is -2.07. The third-order valence-electron chi connectivity index (χ3n) is 2.38. The molecular weight excluding hydrogens is 204 g/mol. The van der Waals surface area contributed by atoms with Crippen LogP contribution in [0, 0.1) is 10.1 Å². The molecule has 1 rings (SSSR count). The fraction of sp³-hybridized carbons (Fsp3) is 0.500. The summed E-state index contributed by atoms with van der Waals surface area (Å²) >= 11 is 0. The maximum atomic E-state index is 10.9. The number of aryl methyl sites for hydroxylation is 1. The van der Waals surface area contributed by atoms with Crippen LogP contribution in [0.2, 0.25) is 0 Å². The van der Waals surface area contributed by atoms with E-state index in [2.05, 4.69) is 12.2 Å². The summed E-state index contributed by atoms with van der Waals surface area (Å²) in [6, 6.07) is 5.38. The Labute approximate surface area is 95.8 Å². The number of nitrogens with one attached hydrogen (secondary N) is 1. The second kappa shape index (κ2) is 6.10. The average Bonchev–Trinajstić information content (AvgIpc) is 2.27. The zero-order valence-corrected chi connectivity index (χ0v) is 9.82. The van der Waals surface area contributed by atoms with Crippen molar-refractivity contribution in [3.63, 3.8) is 0 Å². The predicted molar refractivity (Wildman–Crippen MR) is 65.9 cm³/mol. The van der Waals surface area contributed by atoms with Crippen molar-refractivity contribution < 1.29 is 4.92 Å². The van der Waals surface area contributed by atoms with Crippen molar-refractivity contribution in [3.05, 3.63) is 33.9 Å². The highest BCUT2D eigenvalue weighted by atomic mass is 16.6. The van der Waals surface area contributed by atoms with Gasteiger partial charge in [-0.1, -0.05) is 26.3 Å². The minimum atomic E-state index is -0.303. The molecule has 88 valence electrons. The Morgan fingerprint density at radius 2 is 2.06 bits per heavy atom. The van der Waals surface area contributed by atoms with Gasteiger partial charge in [0.1, 0.15) is 0 Å². The minimum absolute atomic E-state index is 0.225. The Morgan fingerprint density at radius 1 is 1.31 bits per heavy atom. The van der Waals surface area contributed by atoms with Crippen molar-refractivity contribution >= 4 is 11.4 Å². The Hall–Kier alpha value is -1.58. The van der Waals surface area contributed by atoms with E-state index < -0.39 is 0 Å². The number of rotatable bonds is 6. The van der Waals surface area contributed by atoms with Gasteiger partial charge in [0, 0.05) is 23.9 Å². The summed E-state index contributed by atoms with van der Waals surface area (Å²) in [7, 11) is 0. The largest absolute Gasteiger partial charge is 0.385 e. The van der Waals surface area contributed by atoms with Crippen LogP contribution in [0.3, 0.4) is 0 Å². The number of anilines is 1. The molecule has 0 radical (unpaired) electrons. The molecule has 0 aliphatic heterocycles. The Morgan fingerprint density at radius 3 is 2.62 bits per heavy atom. The Kier molecular flexibility index (Phi) is 4.76. The summed E-state index contributed by atoms with van der Waals surface area (Å²) in [6.45, 7) is 4.92. The number of benzene rings is 1. The van der Waals surface area contributed by atoms with Gasteiger partial charge in [-0.3, -0.25) is 10.1 Å². The standard InChI is InChI=1S/C12H18N2O2/c1-3-5-10-6-7-11(13-8-4-2)9-12(10)14(15)16/h6-7,9,13H,3-5,8H2,1-2H3. The van der Waals surface area contributed by atoms with Crippen molar-refractivity contribution in [2.75, 3.05) is 11.9 Å². The van der Waals surface area contributed by atoms with Crippen molar-refractivity contribution in [2.24, 2.45) is 0 Å². The zero-order valence-electron chi connectivity index (χ0n) is 9.82. The van der Waals surface area contributed by atoms with Crippen LogP contribution in [0.1, 0.15) is 32.3 Å². The fourth-order valence-corrected chi connectivity index (χ4v) is 1.59. The first-order valence-electron chi connectivity index (χ1n) is 5.70. The van der Waals surface area contributed by atoms with Gasteiger partial charge in [0.15, 0.2) is 0 Å². The Bertz CT molecular complexity index is 364. The SMILES string of the molecule is CCCNc1ccc(CCC)c([N+](=O)[O-])c1. The summed E-state index contributed by atoms with van der Waals surface area (Å²) in [5.74, 6) is 0. The van der Waals surface area contributed by atoms with E-state index in [-0.39, 0.29) is 10.6 Å². The lowest BCUT2D eigenvalue weighted by molar-refractivity contribution is -0.385. The van der Waals surface area contributed by atoms with Crippen LogP contribution in [0.4, 0.5) is 11.4 Å². The third kappa shape index (κ3) is 3.22. The molecule has 0 aliphatic carbocycles. The van der Waals surface area contributed by atoms with Gasteiger partial charge in [0.05, 0.1) is 4.92 Å². The number of nitro benzene ring substituents is 1. The molecule has 0 saturated carbocycles. The molecule has 0 saturated heterocycles. The molecular formula is C12H18N2O2. The molecule has 0 bridgehead atoms. The van der Waals surface area contributed by atoms with Gasteiger partial charge in [0.25, 0.3) is 5.69 Å². The van der Waals surface area contributed by atoms with E-state index in [1.807, 2.05) is 19.1 Å². The van der Waals surface area contributed by atoms with Gasteiger partial charge in [-0.15, -0.1) is 0 Å². The molecule has 0 unspecified atom stereocenters. The van der Waals surface area contributed by atoms with Crippen LogP contribution in [0.5, 0.6) is 0 Å². The summed E-state index contributed by atoms with van der Waals surface area (Å²) in [4.78, 5) is 10.6. The van der Waals surface area contributed by atoms with Crippen LogP contribution < -0.4 is 5.32 Å². The molecule has 0 atom stereocenters. The second-order valence-corrected chi connectivity index (χ2v) is 3.78. The zero-order chi connectivity index (χ0) is 12.0. The van der Waals surface area contributed by atoms with Gasteiger partial charge in [-0.25, -0.2) is 0 Å². The van der Waals surface area contributed by atoms with Crippen molar-refractivity contribution in [2.45, 2.75) is 33.1 Å². The van der Waals surface area contributed by atoms with Gasteiger partial charge in [0.2, 0.25) is 0 Å². The lowest BCUT2D eigenvalue weighted by Crippen LogP contribution is -2.02. The molecule has 1 aromatic rings. The molecule has 0 aromatic heterocycles. The highest BCUT2D eigenvalue weighted by Gasteiger charge is 2.13. The number of hydrogen-bond donors (Lipinski definition) is 1. The normalized spacial score (nSPS) is 10.1. The smallest absolute Gasteiger partial charge is 0.274 e. The number of hydrogen-bond acceptors (Lipinski definition) is 3. The van der Waals surface area contributed by atoms with Gasteiger partial charge in [-0.2, -0.15) is 0 Å². The molecule has 0 amide bonds. The number of nitro groups is 1. The average molecular weight is 222 g/mol. The van der Waals surface area contributed by atoms with Gasteiger partial charge in [-0.05, 0) is 18.9 Å². The molecule has 0 fully saturated rings. The van der Waals surface area contributed by atoms with Crippen LogP contribution >= 0.6 is 0 Å². The summed E-state index contributed by atoms with van der Waals surface area (Å²) in [5.41, 5.74) is 1.87. The first-order chi connectivity index (χ1) is 7.69. The van der Waals surface area contributed by atoms with E-state index >= 15 is 0 Å². The van der Waals surface area contributed by atoms with Crippen molar-refractivity contribution in [1.82, 2.24) is 0 Å². The molecule has 1 N–H and O–H groups in total. The van der Waals surface area contributed by atoms with Crippen LogP contribution in [0.25, 0.3) is 0 Å². The highest BCUT2D eigenvalue weighted by molar-refractivity contribution is 5.55. The maximum absolute atomic E-state index is 10.9. The molecule has 1 aromatic carbocycles. The highest BCUT2D eigenvalue weighted by Crippen LogP contribution is 2.24. The van der Waals surface area contributed by atoms with E-state index in [0.717, 1.165) is 37.1 Å². The molecule has 0 heterocycles. The quantitative estimate of drug-likeness (QED) is 0.593. The van der Waals surface area contributed by atoms with E-state index in [0.29, 0.717) is 0 Å². The van der Waals surface area contributed by atoms with Crippen LogP contribution in [-0.4, -0.2) is 11.5 Å². The molecule has 16 heavy (non-hydrogen) atoms. The number of nitrogens with zero attached hydrogens (tertiary/aromatic N) is 1. The topological polar surface area (TPSA) is 55.2 Å². The third-order valence-corrected chi connectivity index (χ3v) is 2.38. The van der Waals surface area contributed by atoms with Crippen molar-refractivity contribution in [1.29, 1.82) is 0 Å². The molecule has 4 heteroatoms. The maximum Gasteiger partial charge on any atom is 0.274 e. The molecule has 4 nitrogen and oxygen atoms in total.